The van der Waals surface area contributed by atoms with Gasteiger partial charge in [-0.2, -0.15) is 0 Å². The maximum Gasteiger partial charge on any atom is 0.239 e. The van der Waals surface area contributed by atoms with Crippen LogP contribution in [-0.4, -0.2) is 31.2 Å². The van der Waals surface area contributed by atoms with Crippen molar-refractivity contribution in [2.75, 3.05) is 31.4 Å². The van der Waals surface area contributed by atoms with Crippen LogP contribution < -0.4 is 15.0 Å². The standard InChI is InChI=1S/C15H20N4O/c1-11-5-6-12(9-17-11)10-18-14-13(19(2)3)7-8-16-15(14)20-4/h5-9,18H,10H2,1-4H3. The smallest absolute Gasteiger partial charge is 0.239 e. The number of hydrogen-bond acceptors (Lipinski definition) is 5. The van der Waals surface area contributed by atoms with Crippen molar-refractivity contribution in [3.63, 3.8) is 0 Å². The molecule has 2 heterocycles. The second-order valence-corrected chi connectivity index (χ2v) is 4.77. The molecule has 0 fully saturated rings. The molecule has 0 saturated heterocycles. The molecule has 0 saturated carbocycles. The Kier molecular flexibility index (Phi) is 4.40. The van der Waals surface area contributed by atoms with Gasteiger partial charge in [0.05, 0.1) is 12.8 Å². The van der Waals surface area contributed by atoms with E-state index in [0.717, 1.165) is 22.6 Å². The minimum atomic E-state index is 0.594. The van der Waals surface area contributed by atoms with Crippen LogP contribution in [0.15, 0.2) is 30.6 Å². The lowest BCUT2D eigenvalue weighted by Gasteiger charge is -2.20. The first-order chi connectivity index (χ1) is 9.61. The van der Waals surface area contributed by atoms with Gasteiger partial charge in [0.1, 0.15) is 5.69 Å². The number of aryl methyl sites for hydroxylation is 1. The number of hydrogen-bond donors (Lipinski definition) is 1. The van der Waals surface area contributed by atoms with E-state index in [1.165, 1.54) is 0 Å². The van der Waals surface area contributed by atoms with Crippen LogP contribution in [0.4, 0.5) is 11.4 Å². The van der Waals surface area contributed by atoms with Gasteiger partial charge in [0, 0.05) is 38.7 Å². The SMILES string of the molecule is COc1nccc(N(C)C)c1NCc1ccc(C)nc1. The minimum Gasteiger partial charge on any atom is -0.479 e. The third-order valence-corrected chi connectivity index (χ3v) is 3.01. The molecule has 106 valence electrons. The van der Waals surface area contributed by atoms with E-state index in [0.29, 0.717) is 12.4 Å². The Hall–Kier alpha value is -2.30. The van der Waals surface area contributed by atoms with Crippen molar-refractivity contribution in [3.05, 3.63) is 41.9 Å². The molecule has 5 heteroatoms. The Morgan fingerprint density at radius 1 is 1.20 bits per heavy atom. The number of methoxy groups -OCH3 is 1. The summed E-state index contributed by atoms with van der Waals surface area (Å²) >= 11 is 0. The molecule has 20 heavy (non-hydrogen) atoms. The summed E-state index contributed by atoms with van der Waals surface area (Å²) in [6.07, 6.45) is 3.62. The first-order valence-electron chi connectivity index (χ1n) is 6.47. The zero-order valence-corrected chi connectivity index (χ0v) is 12.3. The molecule has 5 nitrogen and oxygen atoms in total. The van der Waals surface area contributed by atoms with Gasteiger partial charge in [0.2, 0.25) is 5.88 Å². The highest BCUT2D eigenvalue weighted by Crippen LogP contribution is 2.32. The van der Waals surface area contributed by atoms with Gasteiger partial charge in [-0.05, 0) is 24.6 Å². The zero-order chi connectivity index (χ0) is 14.5. The predicted octanol–water partition coefficient (Wildman–Crippen LogP) is 2.47. The molecule has 0 aliphatic heterocycles. The summed E-state index contributed by atoms with van der Waals surface area (Å²) in [5.41, 5.74) is 4.06. The number of rotatable bonds is 5. The summed E-state index contributed by atoms with van der Waals surface area (Å²) in [6, 6.07) is 6.02. The largest absolute Gasteiger partial charge is 0.479 e. The van der Waals surface area contributed by atoms with Crippen molar-refractivity contribution in [3.8, 4) is 5.88 Å². The quantitative estimate of drug-likeness (QED) is 0.906. The molecule has 0 atom stereocenters. The van der Waals surface area contributed by atoms with Crippen LogP contribution in [0.1, 0.15) is 11.3 Å². The highest BCUT2D eigenvalue weighted by molar-refractivity contribution is 5.74. The maximum absolute atomic E-state index is 5.33. The maximum atomic E-state index is 5.33. The lowest BCUT2D eigenvalue weighted by molar-refractivity contribution is 0.400. The Labute approximate surface area is 119 Å². The van der Waals surface area contributed by atoms with Crippen LogP contribution in [0.5, 0.6) is 5.88 Å². The van der Waals surface area contributed by atoms with Gasteiger partial charge >= 0.3 is 0 Å². The number of anilines is 2. The fraction of sp³-hybridized carbons (Fsp3) is 0.333. The van der Waals surface area contributed by atoms with E-state index >= 15 is 0 Å². The molecule has 0 aliphatic carbocycles. The van der Waals surface area contributed by atoms with Crippen molar-refractivity contribution in [1.29, 1.82) is 0 Å². The van der Waals surface area contributed by atoms with Crippen molar-refractivity contribution in [2.45, 2.75) is 13.5 Å². The number of pyridine rings is 2. The molecule has 2 aromatic heterocycles. The van der Waals surface area contributed by atoms with Crippen LogP contribution in [0, 0.1) is 6.92 Å². The molecular formula is C15H20N4O. The Morgan fingerprint density at radius 3 is 2.60 bits per heavy atom. The molecule has 0 amide bonds. The number of ether oxygens (including phenoxy) is 1. The van der Waals surface area contributed by atoms with E-state index in [1.54, 1.807) is 13.3 Å². The third-order valence-electron chi connectivity index (χ3n) is 3.01. The molecule has 1 N–H and O–H groups in total. The number of nitrogens with zero attached hydrogens (tertiary/aromatic N) is 3. The highest BCUT2D eigenvalue weighted by atomic mass is 16.5. The second kappa shape index (κ2) is 6.23. The van der Waals surface area contributed by atoms with Gasteiger partial charge in [-0.15, -0.1) is 0 Å². The molecular weight excluding hydrogens is 252 g/mol. The third kappa shape index (κ3) is 3.17. The van der Waals surface area contributed by atoms with Crippen molar-refractivity contribution >= 4 is 11.4 Å². The molecule has 0 aliphatic rings. The van der Waals surface area contributed by atoms with E-state index in [4.69, 9.17) is 4.74 Å². The molecule has 0 unspecified atom stereocenters. The molecule has 0 aromatic carbocycles. The van der Waals surface area contributed by atoms with Gasteiger partial charge < -0.3 is 15.0 Å². The van der Waals surface area contributed by atoms with E-state index < -0.39 is 0 Å². The lowest BCUT2D eigenvalue weighted by atomic mass is 10.2. The lowest BCUT2D eigenvalue weighted by Crippen LogP contribution is -2.13. The first-order valence-corrected chi connectivity index (χ1v) is 6.47. The summed E-state index contributed by atoms with van der Waals surface area (Å²) in [5, 5.41) is 3.38. The van der Waals surface area contributed by atoms with E-state index in [9.17, 15) is 0 Å². The average Bonchev–Trinajstić information content (AvgIpc) is 2.46. The summed E-state index contributed by atoms with van der Waals surface area (Å²) in [4.78, 5) is 10.6. The predicted molar refractivity (Wildman–Crippen MR) is 81.4 cm³/mol. The molecule has 2 aromatic rings. The summed E-state index contributed by atoms with van der Waals surface area (Å²) in [6.45, 7) is 2.65. The first kappa shape index (κ1) is 14.1. The van der Waals surface area contributed by atoms with Gasteiger partial charge in [0.25, 0.3) is 0 Å². The Bertz CT molecular complexity index is 567. The topological polar surface area (TPSA) is 50.3 Å². The van der Waals surface area contributed by atoms with Crippen LogP contribution in [0.2, 0.25) is 0 Å². The monoisotopic (exact) mass is 272 g/mol. The molecule has 0 spiro atoms. The van der Waals surface area contributed by atoms with E-state index in [2.05, 4.69) is 21.4 Å². The van der Waals surface area contributed by atoms with Gasteiger partial charge in [0.15, 0.2) is 0 Å². The van der Waals surface area contributed by atoms with E-state index in [1.807, 2.05) is 44.2 Å². The van der Waals surface area contributed by atoms with Crippen molar-refractivity contribution < 1.29 is 4.74 Å². The Balaban J connectivity index is 2.21. The highest BCUT2D eigenvalue weighted by Gasteiger charge is 2.11. The molecule has 0 radical (unpaired) electrons. The Morgan fingerprint density at radius 2 is 2.00 bits per heavy atom. The molecule has 2 rings (SSSR count). The van der Waals surface area contributed by atoms with Crippen LogP contribution in [0.3, 0.4) is 0 Å². The van der Waals surface area contributed by atoms with Crippen LogP contribution in [-0.2, 0) is 6.54 Å². The van der Waals surface area contributed by atoms with Crippen molar-refractivity contribution in [1.82, 2.24) is 9.97 Å². The average molecular weight is 272 g/mol. The van der Waals surface area contributed by atoms with E-state index in [-0.39, 0.29) is 0 Å². The van der Waals surface area contributed by atoms with Crippen LogP contribution in [0.25, 0.3) is 0 Å². The van der Waals surface area contributed by atoms with Crippen molar-refractivity contribution in [2.24, 2.45) is 0 Å². The number of nitrogens with one attached hydrogen (secondary N) is 1. The zero-order valence-electron chi connectivity index (χ0n) is 12.3. The summed E-state index contributed by atoms with van der Waals surface area (Å²) in [7, 11) is 5.61. The van der Waals surface area contributed by atoms with Gasteiger partial charge in [-0.1, -0.05) is 6.07 Å². The van der Waals surface area contributed by atoms with Gasteiger partial charge in [-0.3, -0.25) is 4.98 Å². The number of aromatic nitrogens is 2. The minimum absolute atomic E-state index is 0.594. The fourth-order valence-corrected chi connectivity index (χ4v) is 1.92. The summed E-state index contributed by atoms with van der Waals surface area (Å²) < 4.78 is 5.33. The van der Waals surface area contributed by atoms with Gasteiger partial charge in [-0.25, -0.2) is 4.98 Å². The fourth-order valence-electron chi connectivity index (χ4n) is 1.92. The van der Waals surface area contributed by atoms with Crippen LogP contribution >= 0.6 is 0 Å². The molecule has 0 bridgehead atoms. The summed E-state index contributed by atoms with van der Waals surface area (Å²) in [5.74, 6) is 0.594. The second-order valence-electron chi connectivity index (χ2n) is 4.77. The normalized spacial score (nSPS) is 10.2.